The molecular formula is C10H13N2O4P. The van der Waals surface area contributed by atoms with Crippen LogP contribution in [0, 0.1) is 0 Å². The first-order chi connectivity index (χ1) is 7.70. The summed E-state index contributed by atoms with van der Waals surface area (Å²) in [4.78, 5) is 22.7. The van der Waals surface area contributed by atoms with Gasteiger partial charge >= 0.3 is 8.25 Å². The molecule has 0 aliphatic rings. The van der Waals surface area contributed by atoms with E-state index in [0.29, 0.717) is 0 Å². The van der Waals surface area contributed by atoms with Gasteiger partial charge in [0.05, 0.1) is 11.4 Å². The third-order valence-electron chi connectivity index (χ3n) is 1.59. The molecule has 0 radical (unpaired) electrons. The molecule has 2 aromatic rings. The summed E-state index contributed by atoms with van der Waals surface area (Å²) in [6.45, 7) is 0. The maximum absolute atomic E-state index is 8.74. The fourth-order valence-electron chi connectivity index (χ4n) is 1.03. The Morgan fingerprint density at radius 1 is 0.882 bits per heavy atom. The highest BCUT2D eigenvalue weighted by molar-refractivity contribution is 7.30. The van der Waals surface area contributed by atoms with Gasteiger partial charge in [-0.3, -0.25) is 14.5 Å². The lowest BCUT2D eigenvalue weighted by Gasteiger charge is -1.96. The van der Waals surface area contributed by atoms with Crippen LogP contribution >= 0.6 is 8.25 Å². The van der Waals surface area contributed by atoms with Crippen LogP contribution in [0.3, 0.4) is 0 Å². The molecule has 92 valence electrons. The standard InChI is InChI=1S/C10H8N2.H3O3P.H2O/c1-3-7-11-9(5-1)10-6-2-4-8-12-10;1-4(2)3;/h1-8H;4H,(H2,1,2,3);1H2. The number of aromatic nitrogens is 2. The maximum atomic E-state index is 8.74. The van der Waals surface area contributed by atoms with Crippen LogP contribution in [-0.4, -0.2) is 25.2 Å². The SMILES string of the molecule is O.O=[PH](O)O.c1ccc(-c2ccccn2)nc1. The van der Waals surface area contributed by atoms with E-state index in [1.807, 2.05) is 36.4 Å². The largest absolute Gasteiger partial charge is 0.412 e. The van der Waals surface area contributed by atoms with Crippen molar-refractivity contribution in [1.29, 1.82) is 0 Å². The van der Waals surface area contributed by atoms with Crippen molar-refractivity contribution in [3.63, 3.8) is 0 Å². The summed E-state index contributed by atoms with van der Waals surface area (Å²) in [5.41, 5.74) is 1.83. The van der Waals surface area contributed by atoms with Gasteiger partial charge in [-0.1, -0.05) is 12.1 Å². The summed E-state index contributed by atoms with van der Waals surface area (Å²) in [5, 5.41) is 0. The molecule has 2 rings (SSSR count). The molecule has 0 aromatic carbocycles. The molecule has 7 heteroatoms. The normalized spacial score (nSPS) is 8.88. The van der Waals surface area contributed by atoms with Gasteiger partial charge in [0.15, 0.2) is 0 Å². The van der Waals surface area contributed by atoms with Crippen LogP contribution in [-0.2, 0) is 4.57 Å². The molecule has 0 amide bonds. The summed E-state index contributed by atoms with van der Waals surface area (Å²) in [6.07, 6.45) is 3.54. The first-order valence-corrected chi connectivity index (χ1v) is 5.74. The van der Waals surface area contributed by atoms with Crippen molar-refractivity contribution >= 4 is 8.25 Å². The molecule has 2 heterocycles. The number of rotatable bonds is 1. The molecule has 0 spiro atoms. The maximum Gasteiger partial charge on any atom is 0.314 e. The molecule has 0 aliphatic heterocycles. The van der Waals surface area contributed by atoms with E-state index in [-0.39, 0.29) is 5.48 Å². The average Bonchev–Trinajstić information content (AvgIpc) is 2.31. The Morgan fingerprint density at radius 3 is 1.47 bits per heavy atom. The molecule has 0 unspecified atom stereocenters. The minimum Gasteiger partial charge on any atom is -0.412 e. The van der Waals surface area contributed by atoms with Gasteiger partial charge in [0.25, 0.3) is 0 Å². The molecule has 0 atom stereocenters. The van der Waals surface area contributed by atoms with Crippen LogP contribution in [0.4, 0.5) is 0 Å². The van der Waals surface area contributed by atoms with Crippen LogP contribution in [0.2, 0.25) is 0 Å². The second-order valence-electron chi connectivity index (χ2n) is 2.71. The Hall–Kier alpha value is -1.59. The minimum atomic E-state index is -3.13. The van der Waals surface area contributed by atoms with E-state index in [1.165, 1.54) is 0 Å². The van der Waals surface area contributed by atoms with Gasteiger partial charge in [-0.25, -0.2) is 0 Å². The van der Waals surface area contributed by atoms with Crippen molar-refractivity contribution in [2.75, 3.05) is 0 Å². The smallest absolute Gasteiger partial charge is 0.314 e. The van der Waals surface area contributed by atoms with E-state index in [1.54, 1.807) is 12.4 Å². The van der Waals surface area contributed by atoms with Gasteiger partial charge in [-0.05, 0) is 24.3 Å². The van der Waals surface area contributed by atoms with Crippen molar-refractivity contribution in [1.82, 2.24) is 9.97 Å². The second-order valence-corrected chi connectivity index (χ2v) is 3.28. The van der Waals surface area contributed by atoms with Gasteiger partial charge in [-0.15, -0.1) is 0 Å². The zero-order valence-corrected chi connectivity index (χ0v) is 9.82. The molecule has 0 saturated heterocycles. The van der Waals surface area contributed by atoms with Crippen molar-refractivity contribution < 1.29 is 19.8 Å². The monoisotopic (exact) mass is 256 g/mol. The van der Waals surface area contributed by atoms with E-state index >= 15 is 0 Å². The van der Waals surface area contributed by atoms with E-state index in [4.69, 9.17) is 14.4 Å². The first-order valence-electron chi connectivity index (χ1n) is 4.44. The van der Waals surface area contributed by atoms with E-state index in [9.17, 15) is 0 Å². The van der Waals surface area contributed by atoms with Crippen molar-refractivity contribution in [3.05, 3.63) is 48.8 Å². The molecular weight excluding hydrogens is 243 g/mol. The Morgan fingerprint density at radius 2 is 1.24 bits per heavy atom. The molecule has 0 aliphatic carbocycles. The quantitative estimate of drug-likeness (QED) is 0.728. The predicted octanol–water partition coefficient (Wildman–Crippen LogP) is 0.680. The van der Waals surface area contributed by atoms with Crippen molar-refractivity contribution in [2.45, 2.75) is 0 Å². The van der Waals surface area contributed by atoms with Gasteiger partial charge < -0.3 is 15.3 Å². The Labute approximate surface area is 98.9 Å². The number of nitrogens with zero attached hydrogens (tertiary/aromatic N) is 2. The summed E-state index contributed by atoms with van der Waals surface area (Å²) in [7, 11) is -3.13. The van der Waals surface area contributed by atoms with Gasteiger partial charge in [0.2, 0.25) is 0 Å². The average molecular weight is 256 g/mol. The van der Waals surface area contributed by atoms with Gasteiger partial charge in [0.1, 0.15) is 0 Å². The summed E-state index contributed by atoms with van der Waals surface area (Å²) in [5.74, 6) is 0. The van der Waals surface area contributed by atoms with Crippen LogP contribution in [0.15, 0.2) is 48.8 Å². The third kappa shape index (κ3) is 6.55. The number of hydrogen-bond donors (Lipinski definition) is 2. The van der Waals surface area contributed by atoms with Crippen molar-refractivity contribution in [3.8, 4) is 11.4 Å². The molecule has 6 nitrogen and oxygen atoms in total. The van der Waals surface area contributed by atoms with E-state index in [0.717, 1.165) is 11.4 Å². The zero-order valence-electron chi connectivity index (χ0n) is 8.82. The van der Waals surface area contributed by atoms with Gasteiger partial charge in [0, 0.05) is 12.4 Å². The first kappa shape index (κ1) is 15.4. The Bertz CT molecular complexity index is 397. The lowest BCUT2D eigenvalue weighted by Crippen LogP contribution is -1.83. The lowest BCUT2D eigenvalue weighted by atomic mass is 10.2. The van der Waals surface area contributed by atoms with Crippen molar-refractivity contribution in [2.24, 2.45) is 0 Å². The van der Waals surface area contributed by atoms with Crippen LogP contribution in [0.25, 0.3) is 11.4 Å². The highest BCUT2D eigenvalue weighted by atomic mass is 31.1. The van der Waals surface area contributed by atoms with E-state index < -0.39 is 8.25 Å². The Kier molecular flexibility index (Phi) is 7.75. The van der Waals surface area contributed by atoms with Crippen LogP contribution in [0.1, 0.15) is 0 Å². The molecule has 0 saturated carbocycles. The minimum absolute atomic E-state index is 0. The third-order valence-corrected chi connectivity index (χ3v) is 1.59. The fourth-order valence-corrected chi connectivity index (χ4v) is 1.03. The number of pyridine rings is 2. The fraction of sp³-hybridized carbons (Fsp3) is 0. The highest BCUT2D eigenvalue weighted by Crippen LogP contribution is 2.10. The zero-order chi connectivity index (χ0) is 11.8. The van der Waals surface area contributed by atoms with Crippen LogP contribution in [0.5, 0.6) is 0 Å². The molecule has 0 bridgehead atoms. The van der Waals surface area contributed by atoms with Gasteiger partial charge in [-0.2, -0.15) is 0 Å². The topological polar surface area (TPSA) is 115 Å². The predicted molar refractivity (Wildman–Crippen MR) is 64.5 cm³/mol. The van der Waals surface area contributed by atoms with E-state index in [2.05, 4.69) is 9.97 Å². The molecule has 4 N–H and O–H groups in total. The van der Waals surface area contributed by atoms with Crippen LogP contribution < -0.4 is 0 Å². The highest BCUT2D eigenvalue weighted by Gasteiger charge is 1.95. The Balaban J connectivity index is 0.000000453. The second kappa shape index (κ2) is 8.55. The molecule has 17 heavy (non-hydrogen) atoms. The summed E-state index contributed by atoms with van der Waals surface area (Å²) >= 11 is 0. The lowest BCUT2D eigenvalue weighted by molar-refractivity contribution is 0.405. The molecule has 0 fully saturated rings. The molecule has 2 aromatic heterocycles. The summed E-state index contributed by atoms with van der Waals surface area (Å²) in [6, 6.07) is 11.6. The number of hydrogen-bond acceptors (Lipinski definition) is 3. The summed E-state index contributed by atoms with van der Waals surface area (Å²) < 4.78 is 8.74.